The van der Waals surface area contributed by atoms with Gasteiger partial charge in [0.15, 0.2) is 0 Å². The number of hydrogen-bond acceptors (Lipinski definition) is 1. The summed E-state index contributed by atoms with van der Waals surface area (Å²) in [7, 11) is 0. The van der Waals surface area contributed by atoms with E-state index in [1.54, 1.807) is 0 Å². The number of carbonyl (C=O) groups is 1. The molecule has 1 aliphatic heterocycles. The molecular formula is C18H18BrNO. The van der Waals surface area contributed by atoms with E-state index in [0.29, 0.717) is 0 Å². The SMILES string of the molecule is Cc1cccc(CC(Br)c2ccc3c(c2)C(=O)NCC3)c1. The summed E-state index contributed by atoms with van der Waals surface area (Å²) in [5, 5.41) is 2.91. The molecule has 0 aliphatic carbocycles. The molecule has 0 fully saturated rings. The van der Waals surface area contributed by atoms with Crippen LogP contribution in [0.25, 0.3) is 0 Å². The number of carbonyl (C=O) groups excluding carboxylic acids is 1. The van der Waals surface area contributed by atoms with Crippen molar-refractivity contribution >= 4 is 21.8 Å². The molecular weight excluding hydrogens is 326 g/mol. The zero-order valence-corrected chi connectivity index (χ0v) is 13.6. The molecule has 1 aliphatic rings. The topological polar surface area (TPSA) is 29.1 Å². The van der Waals surface area contributed by atoms with Gasteiger partial charge >= 0.3 is 0 Å². The Bertz CT molecular complexity index is 681. The van der Waals surface area contributed by atoms with Crippen LogP contribution in [0, 0.1) is 6.92 Å². The van der Waals surface area contributed by atoms with Gasteiger partial charge in [-0.3, -0.25) is 4.79 Å². The van der Waals surface area contributed by atoms with Crippen molar-refractivity contribution < 1.29 is 4.79 Å². The number of rotatable bonds is 3. The Hall–Kier alpha value is -1.61. The summed E-state index contributed by atoms with van der Waals surface area (Å²) in [5.41, 5.74) is 5.72. The van der Waals surface area contributed by atoms with E-state index >= 15 is 0 Å². The third-order valence-corrected chi connectivity index (χ3v) is 4.77. The lowest BCUT2D eigenvalue weighted by Gasteiger charge is -2.19. The third-order valence-electron chi connectivity index (χ3n) is 3.92. The van der Waals surface area contributed by atoms with E-state index < -0.39 is 0 Å². The van der Waals surface area contributed by atoms with Gasteiger partial charge in [0, 0.05) is 16.9 Å². The lowest BCUT2D eigenvalue weighted by molar-refractivity contribution is 0.0946. The molecule has 1 atom stereocenters. The molecule has 2 nitrogen and oxygen atoms in total. The molecule has 3 heteroatoms. The number of benzene rings is 2. The molecule has 2 aromatic rings. The van der Waals surface area contributed by atoms with Gasteiger partial charge in [-0.1, -0.05) is 57.9 Å². The third kappa shape index (κ3) is 3.18. The molecule has 0 aromatic heterocycles. The molecule has 0 radical (unpaired) electrons. The number of halogens is 1. The van der Waals surface area contributed by atoms with Gasteiger partial charge in [0.2, 0.25) is 0 Å². The Balaban J connectivity index is 1.83. The van der Waals surface area contributed by atoms with Gasteiger partial charge < -0.3 is 5.32 Å². The maximum Gasteiger partial charge on any atom is 0.251 e. The second-order valence-electron chi connectivity index (χ2n) is 5.58. The van der Waals surface area contributed by atoms with E-state index in [9.17, 15) is 4.79 Å². The molecule has 1 amide bonds. The fourth-order valence-electron chi connectivity index (χ4n) is 2.79. The highest BCUT2D eigenvalue weighted by atomic mass is 79.9. The summed E-state index contributed by atoms with van der Waals surface area (Å²) in [6, 6.07) is 14.8. The van der Waals surface area contributed by atoms with Gasteiger partial charge in [-0.05, 0) is 42.5 Å². The van der Waals surface area contributed by atoms with Gasteiger partial charge in [0.25, 0.3) is 5.91 Å². The smallest absolute Gasteiger partial charge is 0.251 e. The van der Waals surface area contributed by atoms with Crippen LogP contribution in [0.15, 0.2) is 42.5 Å². The minimum Gasteiger partial charge on any atom is -0.352 e. The average molecular weight is 344 g/mol. The number of aryl methyl sites for hydroxylation is 1. The van der Waals surface area contributed by atoms with Crippen LogP contribution in [0.3, 0.4) is 0 Å². The summed E-state index contributed by atoms with van der Waals surface area (Å²) in [4.78, 5) is 12.2. The predicted molar refractivity (Wildman–Crippen MR) is 89.0 cm³/mol. The number of fused-ring (bicyclic) bond motifs is 1. The van der Waals surface area contributed by atoms with Crippen molar-refractivity contribution in [1.82, 2.24) is 5.32 Å². The minimum absolute atomic E-state index is 0.0494. The Labute approximate surface area is 133 Å². The maximum absolute atomic E-state index is 11.9. The molecule has 2 aromatic carbocycles. The van der Waals surface area contributed by atoms with Crippen molar-refractivity contribution in [3.8, 4) is 0 Å². The Morgan fingerprint density at radius 3 is 2.90 bits per heavy atom. The maximum atomic E-state index is 11.9. The molecule has 3 rings (SSSR count). The fourth-order valence-corrected chi connectivity index (χ4v) is 3.45. The second-order valence-corrected chi connectivity index (χ2v) is 6.69. The van der Waals surface area contributed by atoms with E-state index in [-0.39, 0.29) is 10.7 Å². The number of alkyl halides is 1. The van der Waals surface area contributed by atoms with Crippen molar-refractivity contribution in [2.45, 2.75) is 24.6 Å². The second kappa shape index (κ2) is 6.02. The van der Waals surface area contributed by atoms with E-state index in [0.717, 1.165) is 36.1 Å². The summed E-state index contributed by atoms with van der Waals surface area (Å²) in [6.07, 6.45) is 1.84. The lowest BCUT2D eigenvalue weighted by Crippen LogP contribution is -2.31. The normalized spacial score (nSPS) is 15.2. The van der Waals surface area contributed by atoms with Gasteiger partial charge in [-0.2, -0.15) is 0 Å². The molecule has 1 heterocycles. The summed E-state index contributed by atoms with van der Waals surface area (Å²) in [6.45, 7) is 2.85. The Kier molecular flexibility index (Phi) is 4.11. The van der Waals surface area contributed by atoms with Crippen LogP contribution >= 0.6 is 15.9 Å². The van der Waals surface area contributed by atoms with Gasteiger partial charge in [0.05, 0.1) is 0 Å². The van der Waals surface area contributed by atoms with Gasteiger partial charge in [-0.25, -0.2) is 0 Å². The van der Waals surface area contributed by atoms with Crippen molar-refractivity contribution in [3.05, 3.63) is 70.3 Å². The zero-order chi connectivity index (χ0) is 14.8. The summed E-state index contributed by atoms with van der Waals surface area (Å²) in [5.74, 6) is 0.0494. The monoisotopic (exact) mass is 343 g/mol. The number of amides is 1. The van der Waals surface area contributed by atoms with E-state index in [4.69, 9.17) is 0 Å². The van der Waals surface area contributed by atoms with E-state index in [1.807, 2.05) is 6.07 Å². The molecule has 0 saturated carbocycles. The fraction of sp³-hybridized carbons (Fsp3) is 0.278. The largest absolute Gasteiger partial charge is 0.352 e. The first-order valence-corrected chi connectivity index (χ1v) is 8.16. The predicted octanol–water partition coefficient (Wildman–Crippen LogP) is 3.96. The van der Waals surface area contributed by atoms with Crippen LogP contribution in [0.5, 0.6) is 0 Å². The first-order chi connectivity index (χ1) is 10.1. The van der Waals surface area contributed by atoms with Crippen molar-refractivity contribution in [1.29, 1.82) is 0 Å². The number of nitrogens with one attached hydrogen (secondary N) is 1. The van der Waals surface area contributed by atoms with Crippen LogP contribution < -0.4 is 5.32 Å². The van der Waals surface area contributed by atoms with Gasteiger partial charge in [-0.15, -0.1) is 0 Å². The standard InChI is InChI=1S/C18H18BrNO/c1-12-3-2-4-13(9-12)10-17(19)15-6-5-14-7-8-20-18(21)16(14)11-15/h2-6,9,11,17H,7-8,10H2,1H3,(H,20,21). The highest BCUT2D eigenvalue weighted by molar-refractivity contribution is 9.09. The quantitative estimate of drug-likeness (QED) is 0.839. The van der Waals surface area contributed by atoms with Crippen LogP contribution in [0.4, 0.5) is 0 Å². The molecule has 0 saturated heterocycles. The zero-order valence-electron chi connectivity index (χ0n) is 12.0. The summed E-state index contributed by atoms with van der Waals surface area (Å²) >= 11 is 3.76. The Morgan fingerprint density at radius 2 is 2.10 bits per heavy atom. The minimum atomic E-state index is 0.0494. The first kappa shape index (κ1) is 14.3. The molecule has 21 heavy (non-hydrogen) atoms. The molecule has 0 spiro atoms. The Morgan fingerprint density at radius 1 is 1.24 bits per heavy atom. The van der Waals surface area contributed by atoms with Crippen molar-refractivity contribution in [2.24, 2.45) is 0 Å². The molecule has 0 bridgehead atoms. The highest BCUT2D eigenvalue weighted by Gasteiger charge is 2.18. The highest BCUT2D eigenvalue weighted by Crippen LogP contribution is 2.29. The first-order valence-electron chi connectivity index (χ1n) is 7.24. The number of hydrogen-bond donors (Lipinski definition) is 1. The van der Waals surface area contributed by atoms with Crippen LogP contribution in [0.2, 0.25) is 0 Å². The average Bonchev–Trinajstić information content (AvgIpc) is 2.47. The van der Waals surface area contributed by atoms with Crippen molar-refractivity contribution in [2.75, 3.05) is 6.54 Å². The van der Waals surface area contributed by atoms with E-state index in [1.165, 1.54) is 11.1 Å². The van der Waals surface area contributed by atoms with Crippen LogP contribution in [0.1, 0.15) is 37.4 Å². The van der Waals surface area contributed by atoms with Gasteiger partial charge in [0.1, 0.15) is 0 Å². The molecule has 1 N–H and O–H groups in total. The van der Waals surface area contributed by atoms with Crippen LogP contribution in [-0.2, 0) is 12.8 Å². The van der Waals surface area contributed by atoms with E-state index in [2.05, 4.69) is 64.6 Å². The molecule has 108 valence electrons. The van der Waals surface area contributed by atoms with Crippen LogP contribution in [-0.4, -0.2) is 12.5 Å². The lowest BCUT2D eigenvalue weighted by atomic mass is 9.95. The summed E-state index contributed by atoms with van der Waals surface area (Å²) < 4.78 is 0. The van der Waals surface area contributed by atoms with Crippen molar-refractivity contribution in [3.63, 3.8) is 0 Å². The molecule has 1 unspecified atom stereocenters.